The number of hydrogen-bond acceptors (Lipinski definition) is 4. The fraction of sp³-hybridized carbons (Fsp3) is 0.611. The van der Waals surface area contributed by atoms with E-state index in [1.807, 2.05) is 4.90 Å². The number of piperazine rings is 1. The van der Waals surface area contributed by atoms with Crippen LogP contribution in [0.15, 0.2) is 24.3 Å². The third-order valence-corrected chi connectivity index (χ3v) is 5.66. The first-order valence-corrected chi connectivity index (χ1v) is 9.77. The highest BCUT2D eigenvalue weighted by Crippen LogP contribution is 2.18. The molecule has 0 bridgehead atoms. The molecule has 1 aromatic rings. The highest BCUT2D eigenvalue weighted by atomic mass is 35.5. The van der Waals surface area contributed by atoms with Crippen molar-refractivity contribution < 1.29 is 4.79 Å². The maximum Gasteiger partial charge on any atom is 0.233 e. The van der Waals surface area contributed by atoms with Gasteiger partial charge in [-0.15, -0.1) is 24.2 Å². The number of benzene rings is 1. The fourth-order valence-corrected chi connectivity index (χ4v) is 4.23. The van der Waals surface area contributed by atoms with Gasteiger partial charge in [-0.05, 0) is 44.0 Å². The molecule has 0 aliphatic carbocycles. The maximum atomic E-state index is 11.6. The second kappa shape index (κ2) is 9.54. The van der Waals surface area contributed by atoms with Crippen molar-refractivity contribution in [3.8, 4) is 0 Å². The van der Waals surface area contributed by atoms with E-state index >= 15 is 0 Å². The number of rotatable bonds is 6. The van der Waals surface area contributed by atoms with E-state index in [0.29, 0.717) is 11.7 Å². The Balaban J connectivity index is 0.00000208. The van der Waals surface area contributed by atoms with E-state index in [2.05, 4.69) is 41.0 Å². The molecule has 3 rings (SSSR count). The quantitative estimate of drug-likeness (QED) is 0.720. The van der Waals surface area contributed by atoms with Gasteiger partial charge in [-0.3, -0.25) is 9.69 Å². The van der Waals surface area contributed by atoms with Crippen LogP contribution in [-0.4, -0.2) is 66.6 Å². The smallest absolute Gasteiger partial charge is 0.233 e. The summed E-state index contributed by atoms with van der Waals surface area (Å²) in [5.74, 6) is 1.90. The number of amides is 1. The average Bonchev–Trinajstić information content (AvgIpc) is 2.97. The molecule has 0 saturated carbocycles. The zero-order valence-corrected chi connectivity index (χ0v) is 16.1. The first-order chi connectivity index (χ1) is 11.2. The van der Waals surface area contributed by atoms with Crippen molar-refractivity contribution in [2.45, 2.75) is 19.8 Å². The lowest BCUT2D eigenvalue weighted by Crippen LogP contribution is -2.46. The Bertz CT molecular complexity index is 535. The van der Waals surface area contributed by atoms with Crippen LogP contribution in [0.4, 0.5) is 5.69 Å². The highest BCUT2D eigenvalue weighted by Gasteiger charge is 2.20. The van der Waals surface area contributed by atoms with Crippen LogP contribution in [-0.2, 0) is 4.79 Å². The van der Waals surface area contributed by atoms with Gasteiger partial charge in [0.2, 0.25) is 5.91 Å². The summed E-state index contributed by atoms with van der Waals surface area (Å²) in [5, 5.41) is 0. The number of thioether (sulfide) groups is 1. The minimum Gasteiger partial charge on any atom is -0.369 e. The molecule has 2 aliphatic heterocycles. The molecule has 1 amide bonds. The Labute approximate surface area is 156 Å². The highest BCUT2D eigenvalue weighted by molar-refractivity contribution is 8.00. The van der Waals surface area contributed by atoms with Crippen LogP contribution < -0.4 is 4.90 Å². The number of nitrogens with zero attached hydrogens (tertiary/aromatic N) is 3. The van der Waals surface area contributed by atoms with E-state index in [1.165, 1.54) is 17.7 Å². The number of hydrogen-bond donors (Lipinski definition) is 0. The van der Waals surface area contributed by atoms with Crippen molar-refractivity contribution in [3.63, 3.8) is 0 Å². The van der Waals surface area contributed by atoms with E-state index in [0.717, 1.165) is 51.6 Å². The molecule has 0 spiro atoms. The van der Waals surface area contributed by atoms with Gasteiger partial charge in [0.05, 0.1) is 11.6 Å². The summed E-state index contributed by atoms with van der Waals surface area (Å²) in [7, 11) is 0. The standard InChI is InChI=1S/C18H27N3OS.ClH/c1-16-5-4-6-17(13-16)20-11-9-19(10-12-20)7-2-3-8-21-15-23-14-18(21)22;/h4-6,13H,2-3,7-12,14-15H2,1H3;1H. The summed E-state index contributed by atoms with van der Waals surface area (Å²) in [6.07, 6.45) is 2.32. The Morgan fingerprint density at radius 1 is 1.08 bits per heavy atom. The van der Waals surface area contributed by atoms with Crippen LogP contribution in [0.3, 0.4) is 0 Å². The molecule has 0 aromatic heterocycles. The maximum absolute atomic E-state index is 11.6. The van der Waals surface area contributed by atoms with E-state index < -0.39 is 0 Å². The SMILES string of the molecule is Cc1cccc(N2CCN(CCCCN3CSCC3=O)CC2)c1.Cl. The molecule has 2 saturated heterocycles. The normalized spacial score (nSPS) is 18.8. The molecule has 134 valence electrons. The number of carbonyl (C=O) groups is 1. The molecule has 0 unspecified atom stereocenters. The van der Waals surface area contributed by atoms with Crippen molar-refractivity contribution in [1.82, 2.24) is 9.80 Å². The fourth-order valence-electron chi connectivity index (χ4n) is 3.29. The molecule has 4 nitrogen and oxygen atoms in total. The molecule has 1 aromatic carbocycles. The first-order valence-electron chi connectivity index (χ1n) is 8.62. The number of aryl methyl sites for hydroxylation is 1. The number of carbonyl (C=O) groups excluding carboxylic acids is 1. The second-order valence-electron chi connectivity index (χ2n) is 6.51. The third kappa shape index (κ3) is 5.30. The van der Waals surface area contributed by atoms with Crippen LogP contribution in [0.25, 0.3) is 0 Å². The Hall–Kier alpha value is -0.910. The van der Waals surface area contributed by atoms with E-state index in [4.69, 9.17) is 0 Å². The van der Waals surface area contributed by atoms with Crippen LogP contribution >= 0.6 is 24.2 Å². The molecule has 6 heteroatoms. The second-order valence-corrected chi connectivity index (χ2v) is 7.46. The van der Waals surface area contributed by atoms with E-state index in [1.54, 1.807) is 11.8 Å². The van der Waals surface area contributed by atoms with Crippen molar-refractivity contribution in [2.24, 2.45) is 0 Å². The van der Waals surface area contributed by atoms with Crippen molar-refractivity contribution in [3.05, 3.63) is 29.8 Å². The van der Waals surface area contributed by atoms with Crippen LogP contribution in [0, 0.1) is 6.92 Å². The van der Waals surface area contributed by atoms with E-state index in [-0.39, 0.29) is 12.4 Å². The van der Waals surface area contributed by atoms with Gasteiger partial charge in [0, 0.05) is 38.4 Å². The van der Waals surface area contributed by atoms with Gasteiger partial charge in [0.25, 0.3) is 0 Å². The molecular weight excluding hydrogens is 342 g/mol. The Kier molecular flexibility index (Phi) is 7.72. The summed E-state index contributed by atoms with van der Waals surface area (Å²) in [6, 6.07) is 8.80. The third-order valence-electron chi connectivity index (χ3n) is 4.72. The van der Waals surface area contributed by atoms with Crippen LogP contribution in [0.1, 0.15) is 18.4 Å². The minimum absolute atomic E-state index is 0. The predicted molar refractivity (Wildman–Crippen MR) is 105 cm³/mol. The number of unbranched alkanes of at least 4 members (excludes halogenated alkanes) is 1. The van der Waals surface area contributed by atoms with Crippen molar-refractivity contribution in [1.29, 1.82) is 0 Å². The summed E-state index contributed by atoms with van der Waals surface area (Å²) < 4.78 is 0. The lowest BCUT2D eigenvalue weighted by Gasteiger charge is -2.36. The summed E-state index contributed by atoms with van der Waals surface area (Å²) in [4.78, 5) is 18.6. The molecule has 0 atom stereocenters. The van der Waals surface area contributed by atoms with Crippen molar-refractivity contribution in [2.75, 3.05) is 55.8 Å². The monoisotopic (exact) mass is 369 g/mol. The first kappa shape index (κ1) is 19.4. The summed E-state index contributed by atoms with van der Waals surface area (Å²) in [5.41, 5.74) is 2.69. The molecular formula is C18H28ClN3OS. The van der Waals surface area contributed by atoms with E-state index in [9.17, 15) is 4.79 Å². The van der Waals surface area contributed by atoms with Crippen molar-refractivity contribution >= 4 is 35.8 Å². The summed E-state index contributed by atoms with van der Waals surface area (Å²) >= 11 is 1.74. The van der Waals surface area contributed by atoms with Gasteiger partial charge in [-0.1, -0.05) is 12.1 Å². The zero-order chi connectivity index (χ0) is 16.1. The summed E-state index contributed by atoms with van der Waals surface area (Å²) in [6.45, 7) is 8.78. The molecule has 0 radical (unpaired) electrons. The Morgan fingerprint density at radius 3 is 2.50 bits per heavy atom. The van der Waals surface area contributed by atoms with Gasteiger partial charge in [0.1, 0.15) is 0 Å². The van der Waals surface area contributed by atoms with Crippen LogP contribution in [0.2, 0.25) is 0 Å². The van der Waals surface area contributed by atoms with Gasteiger partial charge in [-0.25, -0.2) is 0 Å². The topological polar surface area (TPSA) is 26.8 Å². The Morgan fingerprint density at radius 2 is 1.83 bits per heavy atom. The minimum atomic E-state index is 0. The molecule has 0 N–H and O–H groups in total. The predicted octanol–water partition coefficient (Wildman–Crippen LogP) is 2.85. The van der Waals surface area contributed by atoms with Crippen LogP contribution in [0.5, 0.6) is 0 Å². The average molecular weight is 370 g/mol. The van der Waals surface area contributed by atoms with Gasteiger partial charge in [0.15, 0.2) is 0 Å². The number of halogens is 1. The van der Waals surface area contributed by atoms with Gasteiger partial charge < -0.3 is 9.80 Å². The largest absolute Gasteiger partial charge is 0.369 e. The lowest BCUT2D eigenvalue weighted by atomic mass is 10.2. The lowest BCUT2D eigenvalue weighted by molar-refractivity contribution is -0.126. The van der Waals surface area contributed by atoms with Gasteiger partial charge in [-0.2, -0.15) is 0 Å². The molecule has 2 heterocycles. The number of anilines is 1. The molecule has 2 fully saturated rings. The molecule has 2 aliphatic rings. The zero-order valence-electron chi connectivity index (χ0n) is 14.4. The van der Waals surface area contributed by atoms with Gasteiger partial charge >= 0.3 is 0 Å². The molecule has 24 heavy (non-hydrogen) atoms.